The Morgan fingerprint density at radius 2 is 2.10 bits per heavy atom. The fraction of sp³-hybridized carbons (Fsp3) is 0.455. The van der Waals surface area contributed by atoms with E-state index in [1.807, 2.05) is 18.4 Å². The van der Waals surface area contributed by atoms with Crippen LogP contribution >= 0.6 is 23.1 Å². The van der Waals surface area contributed by atoms with Crippen LogP contribution in [0.15, 0.2) is 11.4 Å². The topological polar surface area (TPSA) is 49.8 Å². The first-order valence-electron chi connectivity index (χ1n) is 5.93. The fourth-order valence-corrected chi connectivity index (χ4v) is 2.76. The summed E-state index contributed by atoms with van der Waals surface area (Å²) in [4.78, 5) is 9.41. The molecule has 4 nitrogen and oxygen atoms in total. The van der Waals surface area contributed by atoms with Crippen molar-refractivity contribution in [1.29, 1.82) is 0 Å². The second-order valence-corrected chi connectivity index (χ2v) is 5.84. The molecule has 0 aliphatic heterocycles. The smallest absolute Gasteiger partial charge is 0.369 e. The molecule has 2 rings (SSSR count). The molecular formula is C11H13F3N4S2. The minimum atomic E-state index is -4.19. The summed E-state index contributed by atoms with van der Waals surface area (Å²) in [7, 11) is 0. The second kappa shape index (κ2) is 6.49. The molecule has 20 heavy (non-hydrogen) atoms. The van der Waals surface area contributed by atoms with Crippen LogP contribution in [0.2, 0.25) is 0 Å². The van der Waals surface area contributed by atoms with Crippen LogP contribution < -0.4 is 10.6 Å². The van der Waals surface area contributed by atoms with E-state index >= 15 is 0 Å². The number of nitrogens with zero attached hydrogens (tertiary/aromatic N) is 2. The Morgan fingerprint density at radius 3 is 2.80 bits per heavy atom. The molecule has 0 saturated carbocycles. The fourth-order valence-electron chi connectivity index (χ4n) is 1.56. The van der Waals surface area contributed by atoms with Crippen LogP contribution in [0.1, 0.15) is 6.92 Å². The third-order valence-electron chi connectivity index (χ3n) is 2.32. The summed E-state index contributed by atoms with van der Waals surface area (Å²) in [5.41, 5.74) is -4.19. The number of hydrogen-bond acceptors (Lipinski definition) is 6. The molecule has 0 radical (unpaired) electrons. The van der Waals surface area contributed by atoms with Gasteiger partial charge >= 0.3 is 5.51 Å². The zero-order valence-corrected chi connectivity index (χ0v) is 12.3. The molecule has 0 fully saturated rings. The van der Waals surface area contributed by atoms with E-state index < -0.39 is 5.51 Å². The van der Waals surface area contributed by atoms with Gasteiger partial charge in [-0.3, -0.25) is 0 Å². The quantitative estimate of drug-likeness (QED) is 0.793. The Kier molecular flexibility index (Phi) is 4.92. The van der Waals surface area contributed by atoms with E-state index in [0.29, 0.717) is 18.3 Å². The number of fused-ring (bicyclic) bond motifs is 1. The third-order valence-corrected chi connectivity index (χ3v) is 3.86. The highest BCUT2D eigenvalue weighted by Gasteiger charge is 2.27. The van der Waals surface area contributed by atoms with Crippen LogP contribution in [-0.4, -0.2) is 34.3 Å². The summed E-state index contributed by atoms with van der Waals surface area (Å²) in [5.74, 6) is 0.985. The van der Waals surface area contributed by atoms with Gasteiger partial charge in [0.2, 0.25) is 5.95 Å². The number of nitrogens with one attached hydrogen (secondary N) is 2. The van der Waals surface area contributed by atoms with Crippen molar-refractivity contribution in [1.82, 2.24) is 9.97 Å². The van der Waals surface area contributed by atoms with Crippen molar-refractivity contribution in [3.63, 3.8) is 0 Å². The molecule has 0 amide bonds. The summed E-state index contributed by atoms with van der Waals surface area (Å²) >= 11 is 1.42. The average molecular weight is 322 g/mol. The van der Waals surface area contributed by atoms with Crippen LogP contribution in [0.25, 0.3) is 10.2 Å². The molecule has 0 spiro atoms. The van der Waals surface area contributed by atoms with Crippen LogP contribution in [-0.2, 0) is 0 Å². The highest BCUT2D eigenvalue weighted by molar-refractivity contribution is 8.00. The van der Waals surface area contributed by atoms with Gasteiger partial charge in [-0.25, -0.2) is 4.98 Å². The predicted molar refractivity (Wildman–Crippen MR) is 78.6 cm³/mol. The van der Waals surface area contributed by atoms with Gasteiger partial charge in [0, 0.05) is 18.8 Å². The zero-order valence-electron chi connectivity index (χ0n) is 10.6. The lowest BCUT2D eigenvalue weighted by Crippen LogP contribution is -2.11. The second-order valence-electron chi connectivity index (χ2n) is 3.79. The molecule has 0 atom stereocenters. The van der Waals surface area contributed by atoms with Gasteiger partial charge in [0.1, 0.15) is 10.6 Å². The van der Waals surface area contributed by atoms with Crippen molar-refractivity contribution < 1.29 is 13.2 Å². The summed E-state index contributed by atoms with van der Waals surface area (Å²) < 4.78 is 36.2. The summed E-state index contributed by atoms with van der Waals surface area (Å²) in [6, 6.07) is 1.86. The molecule has 2 aromatic heterocycles. The van der Waals surface area contributed by atoms with Crippen LogP contribution in [0.3, 0.4) is 0 Å². The van der Waals surface area contributed by atoms with Crippen molar-refractivity contribution in [2.24, 2.45) is 0 Å². The summed E-state index contributed by atoms with van der Waals surface area (Å²) in [6.45, 7) is 2.80. The van der Waals surface area contributed by atoms with Gasteiger partial charge in [-0.05, 0) is 30.1 Å². The molecular weight excluding hydrogens is 309 g/mol. The number of thiophene rings is 1. The standard InChI is InChI=1S/C11H13F3N4S2/c1-2-15-10-17-8(7-3-5-19-9(7)18-10)16-4-6-20-11(12,13)14/h3,5H,2,4,6H2,1H3,(H2,15,16,17,18). The first-order valence-corrected chi connectivity index (χ1v) is 7.80. The Morgan fingerprint density at radius 1 is 1.30 bits per heavy atom. The maximum absolute atomic E-state index is 12.1. The number of rotatable bonds is 6. The Hall–Kier alpha value is -1.22. The summed E-state index contributed by atoms with van der Waals surface area (Å²) in [5, 5.41) is 8.65. The number of hydrogen-bond donors (Lipinski definition) is 2. The van der Waals surface area contributed by atoms with Crippen molar-refractivity contribution in [2.45, 2.75) is 12.4 Å². The van der Waals surface area contributed by atoms with Gasteiger partial charge in [-0.15, -0.1) is 11.3 Å². The number of thioether (sulfide) groups is 1. The zero-order chi connectivity index (χ0) is 14.6. The van der Waals surface area contributed by atoms with E-state index in [1.165, 1.54) is 11.3 Å². The van der Waals surface area contributed by atoms with Gasteiger partial charge in [0.05, 0.1) is 5.39 Å². The molecule has 0 aliphatic carbocycles. The van der Waals surface area contributed by atoms with Gasteiger partial charge in [-0.1, -0.05) is 0 Å². The lowest BCUT2D eigenvalue weighted by Gasteiger charge is -2.10. The third kappa shape index (κ3) is 4.14. The first kappa shape index (κ1) is 15.2. The normalized spacial score (nSPS) is 11.8. The molecule has 0 aromatic carbocycles. The molecule has 9 heteroatoms. The van der Waals surface area contributed by atoms with Crippen molar-refractivity contribution in [3.8, 4) is 0 Å². The maximum atomic E-state index is 12.1. The van der Waals surface area contributed by atoms with E-state index in [4.69, 9.17) is 0 Å². The van der Waals surface area contributed by atoms with Crippen LogP contribution in [0, 0.1) is 0 Å². The SMILES string of the molecule is CCNc1nc(NCCSC(F)(F)F)c2ccsc2n1. The minimum Gasteiger partial charge on any atom is -0.369 e. The van der Waals surface area contributed by atoms with Crippen LogP contribution in [0.4, 0.5) is 24.9 Å². The molecule has 2 aromatic rings. The molecule has 2 heterocycles. The highest BCUT2D eigenvalue weighted by atomic mass is 32.2. The molecule has 2 N–H and O–H groups in total. The maximum Gasteiger partial charge on any atom is 0.441 e. The van der Waals surface area contributed by atoms with Gasteiger partial charge in [0.25, 0.3) is 0 Å². The van der Waals surface area contributed by atoms with E-state index in [-0.39, 0.29) is 24.1 Å². The number of halogens is 3. The van der Waals surface area contributed by atoms with Gasteiger partial charge < -0.3 is 10.6 Å². The van der Waals surface area contributed by atoms with Gasteiger partial charge in [0.15, 0.2) is 0 Å². The minimum absolute atomic E-state index is 0.0442. The number of anilines is 2. The lowest BCUT2D eigenvalue weighted by atomic mass is 10.4. The van der Waals surface area contributed by atoms with Crippen molar-refractivity contribution >= 4 is 45.1 Å². The Bertz CT molecular complexity index is 570. The number of alkyl halides is 3. The highest BCUT2D eigenvalue weighted by Crippen LogP contribution is 2.30. The molecule has 0 saturated heterocycles. The van der Waals surface area contributed by atoms with Crippen molar-refractivity contribution in [3.05, 3.63) is 11.4 Å². The molecule has 110 valence electrons. The van der Waals surface area contributed by atoms with E-state index in [2.05, 4.69) is 20.6 Å². The summed E-state index contributed by atoms with van der Waals surface area (Å²) in [6.07, 6.45) is 0. The lowest BCUT2D eigenvalue weighted by molar-refractivity contribution is -0.0327. The average Bonchev–Trinajstić information content (AvgIpc) is 2.82. The predicted octanol–water partition coefficient (Wildman–Crippen LogP) is 3.79. The Labute approximate surface area is 122 Å². The monoisotopic (exact) mass is 322 g/mol. The molecule has 0 unspecified atom stereocenters. The molecule has 0 bridgehead atoms. The van der Waals surface area contributed by atoms with Crippen molar-refractivity contribution in [2.75, 3.05) is 29.5 Å². The van der Waals surface area contributed by atoms with Crippen LogP contribution in [0.5, 0.6) is 0 Å². The van der Waals surface area contributed by atoms with E-state index in [1.54, 1.807) is 0 Å². The van der Waals surface area contributed by atoms with Gasteiger partial charge in [-0.2, -0.15) is 18.2 Å². The number of aromatic nitrogens is 2. The van der Waals surface area contributed by atoms with E-state index in [9.17, 15) is 13.2 Å². The Balaban J connectivity index is 2.06. The molecule has 0 aliphatic rings. The first-order chi connectivity index (χ1) is 9.49. The van der Waals surface area contributed by atoms with E-state index in [0.717, 1.165) is 10.2 Å². The largest absolute Gasteiger partial charge is 0.441 e.